The highest BCUT2D eigenvalue weighted by molar-refractivity contribution is 5.71. The normalized spacial score (nSPS) is 26.7. The van der Waals surface area contributed by atoms with Crippen molar-refractivity contribution in [3.8, 4) is 0 Å². The van der Waals surface area contributed by atoms with Crippen LogP contribution in [0, 0.1) is 0 Å². The van der Waals surface area contributed by atoms with Gasteiger partial charge >= 0.3 is 0 Å². The van der Waals surface area contributed by atoms with E-state index in [4.69, 9.17) is 4.42 Å². The number of carbonyl (C=O) groups is 1. The first-order valence-electron chi connectivity index (χ1n) is 5.13. The van der Waals surface area contributed by atoms with E-state index in [1.54, 1.807) is 12.1 Å². The second kappa shape index (κ2) is 3.70. The minimum atomic E-state index is -0.660. The van der Waals surface area contributed by atoms with Crippen LogP contribution in [0.5, 0.6) is 0 Å². The second-order valence-corrected chi connectivity index (χ2v) is 4.32. The fourth-order valence-electron chi connectivity index (χ4n) is 1.98. The highest BCUT2D eigenvalue weighted by Crippen LogP contribution is 2.26. The number of aliphatic hydroxyl groups is 1. The maximum absolute atomic E-state index is 10.5. The van der Waals surface area contributed by atoms with Crippen LogP contribution in [-0.2, 0) is 0 Å². The number of nitrogens with zero attached hydrogens (tertiary/aromatic N) is 1. The Kier molecular flexibility index (Phi) is 2.52. The van der Waals surface area contributed by atoms with Crippen LogP contribution in [0.15, 0.2) is 16.5 Å². The van der Waals surface area contributed by atoms with Gasteiger partial charge in [0.05, 0.1) is 5.60 Å². The van der Waals surface area contributed by atoms with Crippen molar-refractivity contribution >= 4 is 12.2 Å². The van der Waals surface area contributed by atoms with Gasteiger partial charge in [0.1, 0.15) is 0 Å². The van der Waals surface area contributed by atoms with Gasteiger partial charge in [-0.05, 0) is 25.8 Å². The van der Waals surface area contributed by atoms with Gasteiger partial charge in [-0.15, -0.1) is 0 Å². The molecule has 1 aliphatic rings. The zero-order valence-electron chi connectivity index (χ0n) is 8.77. The number of anilines is 1. The molecule has 1 N–H and O–H groups in total. The van der Waals surface area contributed by atoms with Gasteiger partial charge in [-0.2, -0.15) is 0 Å². The van der Waals surface area contributed by atoms with E-state index in [1.807, 2.05) is 11.8 Å². The topological polar surface area (TPSA) is 53.7 Å². The number of piperidine rings is 1. The zero-order valence-corrected chi connectivity index (χ0v) is 8.77. The van der Waals surface area contributed by atoms with Crippen LogP contribution < -0.4 is 4.90 Å². The Morgan fingerprint density at radius 3 is 3.00 bits per heavy atom. The average Bonchev–Trinajstić information content (AvgIpc) is 2.64. The van der Waals surface area contributed by atoms with Crippen LogP contribution in [-0.4, -0.2) is 30.1 Å². The van der Waals surface area contributed by atoms with E-state index in [0.717, 1.165) is 19.4 Å². The SMILES string of the molecule is CC1(O)CCCN(c2ccc(C=O)o2)C1. The zero-order chi connectivity index (χ0) is 10.9. The van der Waals surface area contributed by atoms with E-state index >= 15 is 0 Å². The average molecular weight is 209 g/mol. The molecule has 82 valence electrons. The fourth-order valence-corrected chi connectivity index (χ4v) is 1.98. The molecule has 1 aromatic heterocycles. The Bertz CT molecular complexity index is 356. The van der Waals surface area contributed by atoms with Gasteiger partial charge in [-0.25, -0.2) is 0 Å². The molecule has 0 aliphatic carbocycles. The van der Waals surface area contributed by atoms with Crippen LogP contribution >= 0.6 is 0 Å². The predicted octanol–water partition coefficient (Wildman–Crippen LogP) is 1.44. The summed E-state index contributed by atoms with van der Waals surface area (Å²) in [4.78, 5) is 12.4. The molecular formula is C11H15NO3. The van der Waals surface area contributed by atoms with Gasteiger partial charge in [0.2, 0.25) is 0 Å². The molecule has 2 rings (SSSR count). The standard InChI is InChI=1S/C11H15NO3/c1-11(14)5-2-6-12(8-11)10-4-3-9(7-13)15-10/h3-4,7,14H,2,5-6,8H2,1H3. The minimum absolute atomic E-state index is 0.329. The summed E-state index contributed by atoms with van der Waals surface area (Å²) in [7, 11) is 0. The highest BCUT2D eigenvalue weighted by atomic mass is 16.4. The monoisotopic (exact) mass is 209 g/mol. The fraction of sp³-hybridized carbons (Fsp3) is 0.545. The molecule has 0 saturated carbocycles. The van der Waals surface area contributed by atoms with Crippen molar-refractivity contribution in [1.29, 1.82) is 0 Å². The Balaban J connectivity index is 2.13. The third-order valence-electron chi connectivity index (χ3n) is 2.72. The Morgan fingerprint density at radius 1 is 1.60 bits per heavy atom. The maximum atomic E-state index is 10.5. The number of rotatable bonds is 2. The molecule has 1 aromatic rings. The van der Waals surface area contributed by atoms with Gasteiger partial charge in [-0.1, -0.05) is 0 Å². The summed E-state index contributed by atoms with van der Waals surface area (Å²) in [5.41, 5.74) is -0.660. The van der Waals surface area contributed by atoms with E-state index in [1.165, 1.54) is 0 Å². The number of hydrogen-bond acceptors (Lipinski definition) is 4. The molecule has 1 atom stereocenters. The lowest BCUT2D eigenvalue weighted by Gasteiger charge is -2.36. The molecule has 1 aliphatic heterocycles. The van der Waals surface area contributed by atoms with Crippen LogP contribution in [0.3, 0.4) is 0 Å². The summed E-state index contributed by atoms with van der Waals surface area (Å²) >= 11 is 0. The third-order valence-corrected chi connectivity index (χ3v) is 2.72. The third kappa shape index (κ3) is 2.21. The molecule has 15 heavy (non-hydrogen) atoms. The summed E-state index contributed by atoms with van der Waals surface area (Å²) in [6.45, 7) is 3.24. The summed E-state index contributed by atoms with van der Waals surface area (Å²) in [5, 5.41) is 9.92. The van der Waals surface area contributed by atoms with Crippen molar-refractivity contribution in [2.45, 2.75) is 25.4 Å². The first-order chi connectivity index (χ1) is 7.11. The molecule has 2 heterocycles. The lowest BCUT2D eigenvalue weighted by atomic mass is 9.95. The van der Waals surface area contributed by atoms with Crippen LogP contribution in [0.4, 0.5) is 5.88 Å². The number of β-amino-alcohol motifs (C(OH)–C–C–N with tert-alkyl or cyclic N) is 1. The minimum Gasteiger partial charge on any atom is -0.438 e. The van der Waals surface area contributed by atoms with Crippen molar-refractivity contribution in [3.05, 3.63) is 17.9 Å². The van der Waals surface area contributed by atoms with Crippen molar-refractivity contribution in [1.82, 2.24) is 0 Å². The van der Waals surface area contributed by atoms with Crippen LogP contribution in [0.1, 0.15) is 30.3 Å². The molecule has 0 amide bonds. The number of aldehydes is 1. The largest absolute Gasteiger partial charge is 0.438 e. The summed E-state index contributed by atoms with van der Waals surface area (Å²) < 4.78 is 5.31. The number of carbonyl (C=O) groups excluding carboxylic acids is 1. The van der Waals surface area contributed by atoms with Crippen molar-refractivity contribution in [3.63, 3.8) is 0 Å². The van der Waals surface area contributed by atoms with E-state index in [9.17, 15) is 9.90 Å². The lowest BCUT2D eigenvalue weighted by Crippen LogP contribution is -2.46. The molecule has 1 unspecified atom stereocenters. The van der Waals surface area contributed by atoms with Crippen LogP contribution in [0.2, 0.25) is 0 Å². The van der Waals surface area contributed by atoms with Crippen molar-refractivity contribution in [2.24, 2.45) is 0 Å². The van der Waals surface area contributed by atoms with E-state index < -0.39 is 5.60 Å². The molecule has 1 saturated heterocycles. The Hall–Kier alpha value is -1.29. The van der Waals surface area contributed by atoms with Gasteiger partial charge < -0.3 is 14.4 Å². The van der Waals surface area contributed by atoms with Crippen LogP contribution in [0.25, 0.3) is 0 Å². The first-order valence-corrected chi connectivity index (χ1v) is 5.13. The molecule has 0 spiro atoms. The van der Waals surface area contributed by atoms with Gasteiger partial charge in [0, 0.05) is 19.2 Å². The Labute approximate surface area is 88.5 Å². The van der Waals surface area contributed by atoms with E-state index in [0.29, 0.717) is 24.5 Å². The lowest BCUT2D eigenvalue weighted by molar-refractivity contribution is 0.0437. The maximum Gasteiger partial charge on any atom is 0.196 e. The first kappa shape index (κ1) is 10.2. The van der Waals surface area contributed by atoms with Crippen molar-refractivity contribution in [2.75, 3.05) is 18.0 Å². The molecule has 4 nitrogen and oxygen atoms in total. The molecule has 1 fully saturated rings. The smallest absolute Gasteiger partial charge is 0.196 e. The molecule has 0 aromatic carbocycles. The second-order valence-electron chi connectivity index (χ2n) is 4.32. The Morgan fingerprint density at radius 2 is 2.40 bits per heavy atom. The molecule has 0 radical (unpaired) electrons. The summed E-state index contributed by atoms with van der Waals surface area (Å²) in [6.07, 6.45) is 2.43. The van der Waals surface area contributed by atoms with Gasteiger partial charge in [0.25, 0.3) is 0 Å². The molecule has 4 heteroatoms. The molecule has 0 bridgehead atoms. The van der Waals surface area contributed by atoms with Crippen molar-refractivity contribution < 1.29 is 14.3 Å². The number of furan rings is 1. The molecular weight excluding hydrogens is 194 g/mol. The summed E-state index contributed by atoms with van der Waals surface area (Å²) in [5.74, 6) is 0.993. The van der Waals surface area contributed by atoms with Gasteiger partial charge in [-0.3, -0.25) is 4.79 Å². The van der Waals surface area contributed by atoms with E-state index in [2.05, 4.69) is 0 Å². The van der Waals surface area contributed by atoms with E-state index in [-0.39, 0.29) is 0 Å². The van der Waals surface area contributed by atoms with Gasteiger partial charge in [0.15, 0.2) is 17.9 Å². The number of hydrogen-bond donors (Lipinski definition) is 1. The summed E-state index contributed by atoms with van der Waals surface area (Å²) in [6, 6.07) is 3.41. The quantitative estimate of drug-likeness (QED) is 0.749. The highest BCUT2D eigenvalue weighted by Gasteiger charge is 2.29. The predicted molar refractivity (Wildman–Crippen MR) is 56.2 cm³/mol.